The van der Waals surface area contributed by atoms with Crippen LogP contribution in [-0.4, -0.2) is 7.11 Å². The SMILES string of the molecule is CCC(C)(C)c1cc2c(cc1OC)COC2. The summed E-state index contributed by atoms with van der Waals surface area (Å²) in [6.07, 6.45) is 1.10. The lowest BCUT2D eigenvalue weighted by atomic mass is 9.80. The molecule has 88 valence electrons. The Labute approximate surface area is 97.6 Å². The molecule has 0 fully saturated rings. The van der Waals surface area contributed by atoms with Crippen molar-refractivity contribution in [1.29, 1.82) is 0 Å². The van der Waals surface area contributed by atoms with Crippen molar-refractivity contribution < 1.29 is 9.47 Å². The first-order valence-electron chi connectivity index (χ1n) is 5.86. The van der Waals surface area contributed by atoms with Crippen LogP contribution >= 0.6 is 0 Å². The maximum atomic E-state index is 5.50. The molecule has 1 aromatic carbocycles. The van der Waals surface area contributed by atoms with E-state index in [1.807, 2.05) is 0 Å². The van der Waals surface area contributed by atoms with Gasteiger partial charge in [0.2, 0.25) is 0 Å². The number of fused-ring (bicyclic) bond motifs is 1. The first-order valence-corrected chi connectivity index (χ1v) is 5.86. The Hall–Kier alpha value is -1.02. The number of hydrogen-bond acceptors (Lipinski definition) is 2. The predicted molar refractivity (Wildman–Crippen MR) is 64.8 cm³/mol. The Morgan fingerprint density at radius 3 is 2.44 bits per heavy atom. The standard InChI is InChI=1S/C14H20O2/c1-5-14(2,3)12-6-10-8-16-9-11(10)7-13(12)15-4/h6-7H,5,8-9H2,1-4H3. The van der Waals surface area contributed by atoms with Gasteiger partial charge in [0.25, 0.3) is 0 Å². The van der Waals surface area contributed by atoms with Crippen molar-refractivity contribution >= 4 is 0 Å². The smallest absolute Gasteiger partial charge is 0.122 e. The van der Waals surface area contributed by atoms with E-state index in [1.54, 1.807) is 7.11 Å². The molecule has 0 unspecified atom stereocenters. The second kappa shape index (κ2) is 4.10. The molecule has 0 bridgehead atoms. The highest BCUT2D eigenvalue weighted by atomic mass is 16.5. The molecule has 0 aromatic heterocycles. The summed E-state index contributed by atoms with van der Waals surface area (Å²) in [6, 6.07) is 4.39. The summed E-state index contributed by atoms with van der Waals surface area (Å²) in [5, 5.41) is 0. The van der Waals surface area contributed by atoms with Crippen molar-refractivity contribution in [3.63, 3.8) is 0 Å². The number of ether oxygens (including phenoxy) is 2. The van der Waals surface area contributed by atoms with Gasteiger partial charge in [0, 0.05) is 5.56 Å². The predicted octanol–water partition coefficient (Wildman–Crippen LogP) is 3.41. The summed E-state index contributed by atoms with van der Waals surface area (Å²) in [7, 11) is 1.74. The molecular formula is C14H20O2. The Kier molecular flexibility index (Phi) is 2.94. The summed E-state index contributed by atoms with van der Waals surface area (Å²) in [5.74, 6) is 0.996. The fourth-order valence-corrected chi connectivity index (χ4v) is 2.09. The number of rotatable bonds is 3. The van der Waals surface area contributed by atoms with Crippen molar-refractivity contribution in [3.8, 4) is 5.75 Å². The second-order valence-corrected chi connectivity index (χ2v) is 5.05. The lowest BCUT2D eigenvalue weighted by Gasteiger charge is -2.26. The van der Waals surface area contributed by atoms with Crippen molar-refractivity contribution in [3.05, 3.63) is 28.8 Å². The van der Waals surface area contributed by atoms with Gasteiger partial charge in [-0.1, -0.05) is 20.8 Å². The fraction of sp³-hybridized carbons (Fsp3) is 0.571. The summed E-state index contributed by atoms with van der Waals surface area (Å²) in [6.45, 7) is 8.19. The van der Waals surface area contributed by atoms with Crippen LogP contribution in [0.5, 0.6) is 5.75 Å². The van der Waals surface area contributed by atoms with Gasteiger partial charge < -0.3 is 9.47 Å². The Bertz CT molecular complexity index is 394. The minimum absolute atomic E-state index is 0.156. The van der Waals surface area contributed by atoms with Gasteiger partial charge in [0.15, 0.2) is 0 Å². The zero-order chi connectivity index (χ0) is 11.8. The third-order valence-corrected chi connectivity index (χ3v) is 3.65. The summed E-state index contributed by atoms with van der Waals surface area (Å²) < 4.78 is 11.0. The molecular weight excluding hydrogens is 200 g/mol. The van der Waals surface area contributed by atoms with Crippen molar-refractivity contribution in [1.82, 2.24) is 0 Å². The highest BCUT2D eigenvalue weighted by molar-refractivity contribution is 5.46. The molecule has 0 spiro atoms. The fourth-order valence-electron chi connectivity index (χ4n) is 2.09. The molecule has 16 heavy (non-hydrogen) atoms. The van der Waals surface area contributed by atoms with Crippen LogP contribution in [0.1, 0.15) is 43.9 Å². The highest BCUT2D eigenvalue weighted by Gasteiger charge is 2.25. The van der Waals surface area contributed by atoms with Crippen LogP contribution in [0.3, 0.4) is 0 Å². The van der Waals surface area contributed by atoms with Crippen LogP contribution in [0, 0.1) is 0 Å². The van der Waals surface area contributed by atoms with E-state index < -0.39 is 0 Å². The first kappa shape index (κ1) is 11.5. The largest absolute Gasteiger partial charge is 0.496 e. The van der Waals surface area contributed by atoms with Crippen LogP contribution in [0.15, 0.2) is 12.1 Å². The normalized spacial score (nSPS) is 15.0. The summed E-state index contributed by atoms with van der Waals surface area (Å²) >= 11 is 0. The van der Waals surface area contributed by atoms with Crippen molar-refractivity contribution in [2.75, 3.05) is 7.11 Å². The van der Waals surface area contributed by atoms with E-state index in [-0.39, 0.29) is 5.41 Å². The third kappa shape index (κ3) is 1.82. The van der Waals surface area contributed by atoms with E-state index >= 15 is 0 Å². The quantitative estimate of drug-likeness (QED) is 0.777. The average Bonchev–Trinajstić information content (AvgIpc) is 2.74. The molecule has 0 radical (unpaired) electrons. The number of benzene rings is 1. The molecule has 1 heterocycles. The van der Waals surface area contributed by atoms with Gasteiger partial charge in [0.05, 0.1) is 20.3 Å². The van der Waals surface area contributed by atoms with Gasteiger partial charge in [-0.2, -0.15) is 0 Å². The molecule has 1 aromatic rings. The highest BCUT2D eigenvalue weighted by Crippen LogP contribution is 2.37. The summed E-state index contributed by atoms with van der Waals surface area (Å²) in [5.41, 5.74) is 4.04. The minimum atomic E-state index is 0.156. The molecule has 2 heteroatoms. The van der Waals surface area contributed by atoms with Crippen LogP contribution in [0.2, 0.25) is 0 Å². The Morgan fingerprint density at radius 1 is 1.25 bits per heavy atom. The molecule has 0 atom stereocenters. The lowest BCUT2D eigenvalue weighted by molar-refractivity contribution is 0.134. The molecule has 0 N–H and O–H groups in total. The molecule has 1 aliphatic rings. The van der Waals surface area contributed by atoms with Crippen molar-refractivity contribution in [2.45, 2.75) is 45.8 Å². The summed E-state index contributed by atoms with van der Waals surface area (Å²) in [4.78, 5) is 0. The Morgan fingerprint density at radius 2 is 1.88 bits per heavy atom. The van der Waals surface area contributed by atoms with Crippen LogP contribution in [0.4, 0.5) is 0 Å². The van der Waals surface area contributed by atoms with Gasteiger partial charge in [-0.3, -0.25) is 0 Å². The van der Waals surface area contributed by atoms with Crippen LogP contribution < -0.4 is 4.74 Å². The molecule has 0 aliphatic carbocycles. The van der Waals surface area contributed by atoms with Gasteiger partial charge in [-0.05, 0) is 35.1 Å². The molecule has 0 saturated carbocycles. The van der Waals surface area contributed by atoms with E-state index in [4.69, 9.17) is 9.47 Å². The van der Waals surface area contributed by atoms with Gasteiger partial charge in [-0.25, -0.2) is 0 Å². The van der Waals surface area contributed by atoms with Gasteiger partial charge in [-0.15, -0.1) is 0 Å². The zero-order valence-electron chi connectivity index (χ0n) is 10.6. The Balaban J connectivity index is 2.52. The molecule has 2 nitrogen and oxygen atoms in total. The lowest BCUT2D eigenvalue weighted by Crippen LogP contribution is -2.17. The van der Waals surface area contributed by atoms with Gasteiger partial charge in [0.1, 0.15) is 5.75 Å². The van der Waals surface area contributed by atoms with Crippen LogP contribution in [-0.2, 0) is 23.4 Å². The monoisotopic (exact) mass is 220 g/mol. The minimum Gasteiger partial charge on any atom is -0.496 e. The topological polar surface area (TPSA) is 18.5 Å². The maximum absolute atomic E-state index is 5.50. The molecule has 0 saturated heterocycles. The van der Waals surface area contributed by atoms with Crippen LogP contribution in [0.25, 0.3) is 0 Å². The van der Waals surface area contributed by atoms with E-state index in [0.717, 1.165) is 25.4 Å². The average molecular weight is 220 g/mol. The number of hydrogen-bond donors (Lipinski definition) is 0. The van der Waals surface area contributed by atoms with Gasteiger partial charge >= 0.3 is 0 Å². The number of methoxy groups -OCH3 is 1. The van der Waals surface area contributed by atoms with E-state index in [1.165, 1.54) is 16.7 Å². The second-order valence-electron chi connectivity index (χ2n) is 5.05. The molecule has 0 amide bonds. The maximum Gasteiger partial charge on any atom is 0.122 e. The van der Waals surface area contributed by atoms with Crippen molar-refractivity contribution in [2.24, 2.45) is 0 Å². The molecule has 2 rings (SSSR count). The first-order chi connectivity index (χ1) is 7.58. The van der Waals surface area contributed by atoms with E-state index in [0.29, 0.717) is 0 Å². The zero-order valence-corrected chi connectivity index (χ0v) is 10.6. The van der Waals surface area contributed by atoms with E-state index in [2.05, 4.69) is 32.9 Å². The third-order valence-electron chi connectivity index (χ3n) is 3.65. The molecule has 1 aliphatic heterocycles. The van der Waals surface area contributed by atoms with E-state index in [9.17, 15) is 0 Å².